The van der Waals surface area contributed by atoms with E-state index in [1.807, 2.05) is 36.4 Å². The maximum atomic E-state index is 11.9. The maximum Gasteiger partial charge on any atom is 0.264 e. The minimum atomic E-state index is -3.90. The first-order chi connectivity index (χ1) is 16.1. The third-order valence-corrected chi connectivity index (χ3v) is 6.38. The van der Waals surface area contributed by atoms with Crippen LogP contribution >= 0.6 is 0 Å². The van der Waals surface area contributed by atoms with Crippen molar-refractivity contribution in [1.29, 1.82) is 0 Å². The van der Waals surface area contributed by atoms with Gasteiger partial charge in [-0.25, -0.2) is 0 Å². The number of hydrogen-bond acceptors (Lipinski definition) is 10. The highest BCUT2D eigenvalue weighted by molar-refractivity contribution is 7.86. The van der Waals surface area contributed by atoms with E-state index in [1.54, 1.807) is 24.3 Å². The standard InChI is InChI=1S/C22H26O10S2/c1-33(23,24)31-17-13-27-21(15-9-5-3-6-10-15)29-19(17)20-18(32-34(2,25)26)14-28-22(30-20)16-11-7-4-8-12-16/h3-12,17-22H,13-14H2,1-2H3/t17-,18+,19-,20-,21+,22-/m0/s1. The van der Waals surface area contributed by atoms with Gasteiger partial charge in [-0.3, -0.25) is 8.37 Å². The zero-order valence-electron chi connectivity index (χ0n) is 18.6. The Morgan fingerprint density at radius 3 is 1.32 bits per heavy atom. The van der Waals surface area contributed by atoms with Crippen LogP contribution in [0.15, 0.2) is 60.7 Å². The molecule has 2 aliphatic rings. The molecular weight excluding hydrogens is 488 g/mol. The van der Waals surface area contributed by atoms with Gasteiger partial charge in [-0.15, -0.1) is 0 Å². The van der Waals surface area contributed by atoms with Crippen molar-refractivity contribution >= 4 is 20.2 Å². The Labute approximate surface area is 198 Å². The molecule has 4 rings (SSSR count). The fourth-order valence-electron chi connectivity index (χ4n) is 3.86. The van der Waals surface area contributed by atoms with Crippen LogP contribution in [0, 0.1) is 0 Å². The first kappa shape index (κ1) is 25.2. The molecule has 2 aromatic carbocycles. The minimum absolute atomic E-state index is 0.139. The molecule has 0 aromatic heterocycles. The first-order valence-electron chi connectivity index (χ1n) is 10.5. The highest BCUT2D eigenvalue weighted by atomic mass is 32.2. The first-order valence-corrected chi connectivity index (χ1v) is 14.1. The van der Waals surface area contributed by atoms with Gasteiger partial charge in [0.2, 0.25) is 0 Å². The van der Waals surface area contributed by atoms with Crippen LogP contribution in [0.1, 0.15) is 23.7 Å². The van der Waals surface area contributed by atoms with Crippen LogP contribution in [0.5, 0.6) is 0 Å². The predicted molar refractivity (Wildman–Crippen MR) is 119 cm³/mol. The fraction of sp³-hybridized carbons (Fsp3) is 0.455. The molecule has 0 bridgehead atoms. The zero-order chi connectivity index (χ0) is 24.3. The summed E-state index contributed by atoms with van der Waals surface area (Å²) in [5.74, 6) is 0. The molecule has 0 N–H and O–H groups in total. The van der Waals surface area contributed by atoms with Gasteiger partial charge in [0.05, 0.1) is 25.7 Å². The molecule has 2 saturated heterocycles. The highest BCUT2D eigenvalue weighted by Gasteiger charge is 2.48. The van der Waals surface area contributed by atoms with Gasteiger partial charge >= 0.3 is 0 Å². The normalized spacial score (nSPS) is 30.6. The van der Waals surface area contributed by atoms with E-state index in [-0.39, 0.29) is 13.2 Å². The van der Waals surface area contributed by atoms with Gasteiger partial charge in [0.15, 0.2) is 12.6 Å². The van der Waals surface area contributed by atoms with Crippen LogP contribution in [0.2, 0.25) is 0 Å². The summed E-state index contributed by atoms with van der Waals surface area (Å²) < 4.78 is 82.0. The number of hydrogen-bond donors (Lipinski definition) is 0. The molecule has 0 unspecified atom stereocenters. The average molecular weight is 515 g/mol. The molecule has 2 fully saturated rings. The summed E-state index contributed by atoms with van der Waals surface area (Å²) in [6.07, 6.45) is -4.23. The molecule has 0 spiro atoms. The molecule has 2 aromatic rings. The van der Waals surface area contributed by atoms with Gasteiger partial charge in [-0.05, 0) is 0 Å². The van der Waals surface area contributed by atoms with Crippen LogP contribution in [0.4, 0.5) is 0 Å². The summed E-state index contributed by atoms with van der Waals surface area (Å²) >= 11 is 0. The summed E-state index contributed by atoms with van der Waals surface area (Å²) in [4.78, 5) is 0. The van der Waals surface area contributed by atoms with E-state index >= 15 is 0 Å². The molecule has 10 nitrogen and oxygen atoms in total. The highest BCUT2D eigenvalue weighted by Crippen LogP contribution is 2.37. The molecule has 6 atom stereocenters. The minimum Gasteiger partial charge on any atom is -0.346 e. The van der Waals surface area contributed by atoms with E-state index in [4.69, 9.17) is 27.3 Å². The van der Waals surface area contributed by atoms with Crippen molar-refractivity contribution in [3.63, 3.8) is 0 Å². The molecule has 2 aliphatic heterocycles. The largest absolute Gasteiger partial charge is 0.346 e. The predicted octanol–water partition coefficient (Wildman–Crippen LogP) is 1.90. The van der Waals surface area contributed by atoms with Crippen molar-refractivity contribution in [3.8, 4) is 0 Å². The Bertz CT molecular complexity index is 1060. The van der Waals surface area contributed by atoms with Crippen LogP contribution < -0.4 is 0 Å². The van der Waals surface area contributed by atoms with Crippen molar-refractivity contribution in [3.05, 3.63) is 71.8 Å². The van der Waals surface area contributed by atoms with Gasteiger partial charge in [-0.2, -0.15) is 16.8 Å². The molecule has 34 heavy (non-hydrogen) atoms. The van der Waals surface area contributed by atoms with Crippen LogP contribution in [0.25, 0.3) is 0 Å². The number of rotatable bonds is 7. The number of ether oxygens (including phenoxy) is 4. The number of benzene rings is 2. The Morgan fingerprint density at radius 1 is 0.647 bits per heavy atom. The molecule has 0 saturated carbocycles. The Balaban J connectivity index is 1.67. The van der Waals surface area contributed by atoms with Crippen molar-refractivity contribution < 1.29 is 44.1 Å². The van der Waals surface area contributed by atoms with E-state index in [2.05, 4.69) is 0 Å². The van der Waals surface area contributed by atoms with Crippen molar-refractivity contribution in [2.24, 2.45) is 0 Å². The van der Waals surface area contributed by atoms with E-state index in [0.717, 1.165) is 12.5 Å². The Hall–Kier alpha value is -1.90. The van der Waals surface area contributed by atoms with Crippen LogP contribution in [-0.4, -0.2) is 67.0 Å². The second kappa shape index (κ2) is 10.4. The SMILES string of the molecule is CS(=O)(=O)O[C@H]1CO[C@@H](c2ccccc2)O[C@@H]1[C@H]1O[C@@H](c2ccccc2)OC[C@H]1OS(C)(=O)=O. The van der Waals surface area contributed by atoms with Gasteiger partial charge < -0.3 is 18.9 Å². The molecule has 0 radical (unpaired) electrons. The van der Waals surface area contributed by atoms with E-state index in [0.29, 0.717) is 11.1 Å². The molecule has 12 heteroatoms. The topological polar surface area (TPSA) is 124 Å². The van der Waals surface area contributed by atoms with Gasteiger partial charge in [0.25, 0.3) is 20.2 Å². The van der Waals surface area contributed by atoms with Crippen LogP contribution in [-0.2, 0) is 47.5 Å². The molecule has 186 valence electrons. The van der Waals surface area contributed by atoms with Gasteiger partial charge in [0, 0.05) is 11.1 Å². The summed E-state index contributed by atoms with van der Waals surface area (Å²) in [7, 11) is -7.80. The van der Waals surface area contributed by atoms with Crippen LogP contribution in [0.3, 0.4) is 0 Å². The monoisotopic (exact) mass is 514 g/mol. The lowest BCUT2D eigenvalue weighted by Crippen LogP contribution is -2.57. The maximum absolute atomic E-state index is 11.9. The third kappa shape index (κ3) is 6.61. The average Bonchev–Trinajstić information content (AvgIpc) is 2.79. The zero-order valence-corrected chi connectivity index (χ0v) is 20.2. The molecule has 2 heterocycles. The Morgan fingerprint density at radius 2 is 1.00 bits per heavy atom. The second-order valence-electron chi connectivity index (χ2n) is 8.03. The third-order valence-electron chi connectivity index (χ3n) is 5.18. The lowest BCUT2D eigenvalue weighted by Gasteiger charge is -2.44. The van der Waals surface area contributed by atoms with Crippen molar-refractivity contribution in [1.82, 2.24) is 0 Å². The fourth-order valence-corrected chi connectivity index (χ4v) is 5.08. The molecule has 0 aliphatic carbocycles. The van der Waals surface area contributed by atoms with Gasteiger partial charge in [-0.1, -0.05) is 60.7 Å². The van der Waals surface area contributed by atoms with Crippen molar-refractivity contribution in [2.45, 2.75) is 37.0 Å². The van der Waals surface area contributed by atoms with E-state index < -0.39 is 57.2 Å². The summed E-state index contributed by atoms with van der Waals surface area (Å²) in [6.45, 7) is -0.279. The summed E-state index contributed by atoms with van der Waals surface area (Å²) in [5, 5.41) is 0. The molecular formula is C22H26O10S2. The van der Waals surface area contributed by atoms with E-state index in [1.165, 1.54) is 0 Å². The smallest absolute Gasteiger partial charge is 0.264 e. The van der Waals surface area contributed by atoms with E-state index in [9.17, 15) is 16.8 Å². The summed E-state index contributed by atoms with van der Waals surface area (Å²) in [5.41, 5.74) is 1.38. The second-order valence-corrected chi connectivity index (χ2v) is 11.2. The summed E-state index contributed by atoms with van der Waals surface area (Å²) in [6, 6.07) is 18.1. The van der Waals surface area contributed by atoms with Gasteiger partial charge in [0.1, 0.15) is 24.4 Å². The molecule has 0 amide bonds. The van der Waals surface area contributed by atoms with Crippen molar-refractivity contribution in [2.75, 3.05) is 25.7 Å². The Kier molecular flexibility index (Phi) is 7.69. The lowest BCUT2D eigenvalue weighted by molar-refractivity contribution is -0.325. The quantitative estimate of drug-likeness (QED) is 0.506. The lowest BCUT2D eigenvalue weighted by atomic mass is 10.0.